The predicted octanol–water partition coefficient (Wildman–Crippen LogP) is 3.53. The Labute approximate surface area is 194 Å². The lowest BCUT2D eigenvalue weighted by atomic mass is 10.2. The molecule has 0 unspecified atom stereocenters. The van der Waals surface area contributed by atoms with E-state index in [0.717, 1.165) is 0 Å². The molecule has 4 rings (SSSR count). The summed E-state index contributed by atoms with van der Waals surface area (Å²) in [6, 6.07) is 8.94. The molecule has 1 N–H and O–H groups in total. The summed E-state index contributed by atoms with van der Waals surface area (Å²) in [6.07, 6.45) is 5.49. The number of hydrogen-bond donors (Lipinski definition) is 1. The van der Waals surface area contributed by atoms with E-state index in [9.17, 15) is 9.59 Å². The average molecular weight is 471 g/mol. The minimum Gasteiger partial charge on any atom is -0.467 e. The summed E-state index contributed by atoms with van der Waals surface area (Å²) in [5, 5.41) is 3.16. The van der Waals surface area contributed by atoms with Gasteiger partial charge in [0, 0.05) is 26.0 Å². The number of carbonyl (C=O) groups is 1. The van der Waals surface area contributed by atoms with Crippen LogP contribution in [-0.2, 0) is 16.1 Å². The number of rotatable bonds is 9. The van der Waals surface area contributed by atoms with Crippen LogP contribution >= 0.6 is 24.0 Å². The standard InChI is InChI=1S/C22H22N4O4S2/c1-2-29-11-6-10-26-21(28)17(32-22(26)31)13-16-19(23-14-15-7-5-12-30-15)24-18-8-3-4-9-25(18)20(16)27/h3-5,7-9,12-13,23H,2,6,10-11,14H2,1H3. The Bertz CT molecular complexity index is 1220. The lowest BCUT2D eigenvalue weighted by molar-refractivity contribution is -0.122. The van der Waals surface area contributed by atoms with Crippen molar-refractivity contribution >= 4 is 51.7 Å². The van der Waals surface area contributed by atoms with Crippen LogP contribution in [0.4, 0.5) is 5.82 Å². The molecule has 0 spiro atoms. The van der Waals surface area contributed by atoms with E-state index in [0.29, 0.717) is 59.2 Å². The molecule has 0 radical (unpaired) electrons. The molecular formula is C22H22N4O4S2. The maximum Gasteiger partial charge on any atom is 0.267 e. The number of thiocarbonyl (C=S) groups is 1. The summed E-state index contributed by atoms with van der Waals surface area (Å²) in [7, 11) is 0. The highest BCUT2D eigenvalue weighted by molar-refractivity contribution is 8.26. The number of anilines is 1. The lowest BCUT2D eigenvalue weighted by Gasteiger charge is -2.14. The molecule has 8 nitrogen and oxygen atoms in total. The molecule has 1 aliphatic rings. The number of pyridine rings is 1. The summed E-state index contributed by atoms with van der Waals surface area (Å²) < 4.78 is 12.6. The smallest absolute Gasteiger partial charge is 0.267 e. The fourth-order valence-corrected chi connectivity index (χ4v) is 4.53. The molecule has 3 aromatic heterocycles. The van der Waals surface area contributed by atoms with Crippen molar-refractivity contribution in [3.63, 3.8) is 0 Å². The first-order chi connectivity index (χ1) is 15.6. The third-order valence-electron chi connectivity index (χ3n) is 4.80. The molecule has 1 saturated heterocycles. The van der Waals surface area contributed by atoms with Crippen molar-refractivity contribution in [2.45, 2.75) is 19.9 Å². The second-order valence-corrected chi connectivity index (χ2v) is 8.60. The SMILES string of the molecule is CCOCCCN1C(=O)C(=Cc2c(NCc3ccco3)nc3ccccn3c2=O)SC1=S. The molecule has 1 fully saturated rings. The first kappa shape index (κ1) is 22.3. The fourth-order valence-electron chi connectivity index (χ4n) is 3.24. The summed E-state index contributed by atoms with van der Waals surface area (Å²) >= 11 is 6.58. The minimum atomic E-state index is -0.279. The van der Waals surface area contributed by atoms with Crippen LogP contribution in [0, 0.1) is 0 Å². The van der Waals surface area contributed by atoms with Gasteiger partial charge in [-0.25, -0.2) is 4.98 Å². The van der Waals surface area contributed by atoms with Gasteiger partial charge >= 0.3 is 0 Å². The van der Waals surface area contributed by atoms with Crippen LogP contribution in [0.25, 0.3) is 11.7 Å². The van der Waals surface area contributed by atoms with Crippen molar-refractivity contribution in [3.8, 4) is 0 Å². The van der Waals surface area contributed by atoms with E-state index in [1.54, 1.807) is 41.6 Å². The quantitative estimate of drug-likeness (QED) is 0.289. The lowest BCUT2D eigenvalue weighted by Crippen LogP contribution is -2.29. The molecule has 0 atom stereocenters. The van der Waals surface area contributed by atoms with Gasteiger partial charge in [-0.05, 0) is 43.7 Å². The third-order valence-corrected chi connectivity index (χ3v) is 6.18. The summed E-state index contributed by atoms with van der Waals surface area (Å²) in [6.45, 7) is 3.94. The summed E-state index contributed by atoms with van der Waals surface area (Å²) in [5.41, 5.74) is 0.509. The summed E-state index contributed by atoms with van der Waals surface area (Å²) in [5.74, 6) is 0.858. The molecular weight excluding hydrogens is 448 g/mol. The van der Waals surface area contributed by atoms with Crippen molar-refractivity contribution in [1.82, 2.24) is 14.3 Å². The minimum absolute atomic E-state index is 0.217. The molecule has 4 heterocycles. The first-order valence-electron chi connectivity index (χ1n) is 10.2. The molecule has 0 aliphatic carbocycles. The Balaban J connectivity index is 1.66. The normalized spacial score (nSPS) is 15.3. The Morgan fingerprint density at radius 2 is 2.16 bits per heavy atom. The van der Waals surface area contributed by atoms with Crippen LogP contribution < -0.4 is 10.9 Å². The van der Waals surface area contributed by atoms with E-state index in [2.05, 4.69) is 10.3 Å². The van der Waals surface area contributed by atoms with Crippen molar-refractivity contribution in [2.24, 2.45) is 0 Å². The molecule has 32 heavy (non-hydrogen) atoms. The van der Waals surface area contributed by atoms with Crippen molar-refractivity contribution < 1.29 is 13.9 Å². The number of fused-ring (bicyclic) bond motifs is 1. The highest BCUT2D eigenvalue weighted by atomic mass is 32.2. The van der Waals surface area contributed by atoms with Gasteiger partial charge in [-0.1, -0.05) is 30.0 Å². The third kappa shape index (κ3) is 4.77. The van der Waals surface area contributed by atoms with Gasteiger partial charge in [-0.15, -0.1) is 0 Å². The van der Waals surface area contributed by atoms with Crippen LogP contribution in [-0.4, -0.2) is 44.3 Å². The van der Waals surface area contributed by atoms with Gasteiger partial charge in [-0.2, -0.15) is 0 Å². The van der Waals surface area contributed by atoms with Gasteiger partial charge in [0.2, 0.25) is 0 Å². The highest BCUT2D eigenvalue weighted by Crippen LogP contribution is 2.33. The zero-order valence-corrected chi connectivity index (χ0v) is 19.1. The molecule has 10 heteroatoms. The number of ether oxygens (including phenoxy) is 1. The van der Waals surface area contributed by atoms with Crippen molar-refractivity contribution in [3.05, 3.63) is 69.4 Å². The molecule has 0 bridgehead atoms. The largest absolute Gasteiger partial charge is 0.467 e. The number of carbonyl (C=O) groups excluding carboxylic acids is 1. The Kier molecular flexibility index (Phi) is 7.03. The Morgan fingerprint density at radius 1 is 1.28 bits per heavy atom. The maximum absolute atomic E-state index is 13.2. The number of hydrogen-bond acceptors (Lipinski definition) is 8. The van der Waals surface area contributed by atoms with Crippen LogP contribution in [0.15, 0.2) is 56.9 Å². The monoisotopic (exact) mass is 470 g/mol. The van der Waals surface area contributed by atoms with E-state index < -0.39 is 0 Å². The molecule has 166 valence electrons. The molecule has 1 aliphatic heterocycles. The second kappa shape index (κ2) is 10.1. The first-order valence-corrected chi connectivity index (χ1v) is 11.4. The van der Waals surface area contributed by atoms with Gasteiger partial charge in [0.05, 0.1) is 23.3 Å². The van der Waals surface area contributed by atoms with Crippen LogP contribution in [0.2, 0.25) is 0 Å². The van der Waals surface area contributed by atoms with Gasteiger partial charge in [0.1, 0.15) is 21.5 Å². The molecule has 3 aromatic rings. The number of thioether (sulfide) groups is 1. The van der Waals surface area contributed by atoms with Gasteiger partial charge in [0.25, 0.3) is 11.5 Å². The van der Waals surface area contributed by atoms with Crippen LogP contribution in [0.3, 0.4) is 0 Å². The number of nitrogens with one attached hydrogen (secondary N) is 1. The number of nitrogens with zero attached hydrogens (tertiary/aromatic N) is 3. The van der Waals surface area contributed by atoms with E-state index in [-0.39, 0.29) is 17.0 Å². The topological polar surface area (TPSA) is 89.1 Å². The average Bonchev–Trinajstić information content (AvgIpc) is 3.41. The van der Waals surface area contributed by atoms with Gasteiger partial charge in [0.15, 0.2) is 0 Å². The Hall–Kier alpha value is -2.95. The second-order valence-electron chi connectivity index (χ2n) is 6.92. The molecule has 1 amide bonds. The number of furan rings is 1. The fraction of sp³-hybridized carbons (Fsp3) is 0.273. The van der Waals surface area contributed by atoms with Crippen molar-refractivity contribution in [1.29, 1.82) is 0 Å². The van der Waals surface area contributed by atoms with E-state index in [1.165, 1.54) is 16.2 Å². The predicted molar refractivity (Wildman–Crippen MR) is 128 cm³/mol. The maximum atomic E-state index is 13.2. The Morgan fingerprint density at radius 3 is 2.94 bits per heavy atom. The molecule has 0 saturated carbocycles. The number of amides is 1. The summed E-state index contributed by atoms with van der Waals surface area (Å²) in [4.78, 5) is 32.7. The zero-order chi connectivity index (χ0) is 22.5. The van der Waals surface area contributed by atoms with Gasteiger partial charge in [-0.3, -0.25) is 18.9 Å². The molecule has 0 aromatic carbocycles. The van der Waals surface area contributed by atoms with Crippen LogP contribution in [0.5, 0.6) is 0 Å². The van der Waals surface area contributed by atoms with E-state index in [4.69, 9.17) is 21.4 Å². The number of aromatic nitrogens is 2. The van der Waals surface area contributed by atoms with Crippen molar-refractivity contribution in [2.75, 3.05) is 25.1 Å². The highest BCUT2D eigenvalue weighted by Gasteiger charge is 2.32. The van der Waals surface area contributed by atoms with E-state index in [1.807, 2.05) is 19.1 Å². The van der Waals surface area contributed by atoms with E-state index >= 15 is 0 Å². The zero-order valence-electron chi connectivity index (χ0n) is 17.4. The van der Waals surface area contributed by atoms with Gasteiger partial charge < -0.3 is 14.5 Å². The van der Waals surface area contributed by atoms with Crippen LogP contribution in [0.1, 0.15) is 24.7 Å².